The van der Waals surface area contributed by atoms with Crippen LogP contribution in [0.25, 0.3) is 11.3 Å². The minimum absolute atomic E-state index is 0. The maximum atomic E-state index is 11.8. The summed E-state index contributed by atoms with van der Waals surface area (Å²) in [7, 11) is 1.39. The van der Waals surface area contributed by atoms with Crippen LogP contribution in [0.2, 0.25) is 0 Å². The molecule has 1 aliphatic heterocycles. The fourth-order valence-corrected chi connectivity index (χ4v) is 4.99. The van der Waals surface area contributed by atoms with Crippen molar-refractivity contribution in [3.05, 3.63) is 34.5 Å². The second-order valence-corrected chi connectivity index (χ2v) is 8.22. The molecule has 0 amide bonds. The number of methoxy groups -OCH3 is 1. The van der Waals surface area contributed by atoms with Gasteiger partial charge >= 0.3 is 5.97 Å². The number of aromatic nitrogens is 1. The highest BCUT2D eigenvalue weighted by Crippen LogP contribution is 2.40. The van der Waals surface area contributed by atoms with Crippen LogP contribution in [0.4, 0.5) is 10.8 Å². The maximum Gasteiger partial charge on any atom is 0.348 e. The molecule has 3 aromatic rings. The van der Waals surface area contributed by atoms with E-state index in [1.54, 1.807) is 11.8 Å². The van der Waals surface area contributed by atoms with Gasteiger partial charge in [0.2, 0.25) is 6.79 Å². The molecule has 0 fully saturated rings. The van der Waals surface area contributed by atoms with Crippen LogP contribution < -0.4 is 14.8 Å². The summed E-state index contributed by atoms with van der Waals surface area (Å²) in [6.07, 6.45) is 1.98. The van der Waals surface area contributed by atoms with Gasteiger partial charge in [0.05, 0.1) is 17.0 Å². The van der Waals surface area contributed by atoms with Crippen molar-refractivity contribution in [3.63, 3.8) is 0 Å². The van der Waals surface area contributed by atoms with Gasteiger partial charge in [-0.25, -0.2) is 9.78 Å². The standard InChI is InChI=1S/C17H14N2O4S3.BrH/c1-21-15(20)14-6-10(16(24-2)26-14)11-7-25-17(19-11)18-9-3-4-12-13(5-9)23-8-22-12;/h3-7H,8H2,1-2H3,(H,18,19);1H. The number of benzene rings is 1. The Kier molecular flexibility index (Phi) is 6.30. The van der Waals surface area contributed by atoms with Gasteiger partial charge in [-0.15, -0.1) is 51.4 Å². The van der Waals surface area contributed by atoms with Crippen molar-refractivity contribution in [2.75, 3.05) is 25.5 Å². The molecule has 0 spiro atoms. The van der Waals surface area contributed by atoms with Gasteiger partial charge in [0.25, 0.3) is 0 Å². The quantitative estimate of drug-likeness (QED) is 0.380. The predicted octanol–water partition coefficient (Wildman–Crippen LogP) is 5.43. The largest absolute Gasteiger partial charge is 0.465 e. The molecule has 0 saturated carbocycles. The number of hydrogen-bond acceptors (Lipinski definition) is 9. The Labute approximate surface area is 178 Å². The summed E-state index contributed by atoms with van der Waals surface area (Å²) in [5, 5.41) is 6.01. The number of esters is 1. The van der Waals surface area contributed by atoms with E-state index in [9.17, 15) is 4.79 Å². The Morgan fingerprint density at radius 2 is 2.11 bits per heavy atom. The summed E-state index contributed by atoms with van der Waals surface area (Å²) in [5.74, 6) is 1.14. The van der Waals surface area contributed by atoms with E-state index in [-0.39, 0.29) is 29.7 Å². The number of ether oxygens (including phenoxy) is 3. The molecule has 0 radical (unpaired) electrons. The zero-order valence-corrected chi connectivity index (χ0v) is 18.5. The highest BCUT2D eigenvalue weighted by Gasteiger charge is 2.18. The van der Waals surface area contributed by atoms with Gasteiger partial charge in [-0.05, 0) is 24.5 Å². The number of rotatable bonds is 5. The van der Waals surface area contributed by atoms with Gasteiger partial charge in [-0.1, -0.05) is 0 Å². The zero-order chi connectivity index (χ0) is 18.1. The number of nitrogens with one attached hydrogen (secondary N) is 1. The highest BCUT2D eigenvalue weighted by molar-refractivity contribution is 8.93. The number of carbonyl (C=O) groups is 1. The van der Waals surface area contributed by atoms with Gasteiger partial charge in [0.1, 0.15) is 4.88 Å². The Hall–Kier alpha value is -1.75. The van der Waals surface area contributed by atoms with Gasteiger partial charge in [0, 0.05) is 22.7 Å². The molecule has 4 rings (SSSR count). The van der Waals surface area contributed by atoms with Crippen LogP contribution >= 0.6 is 51.4 Å². The fraction of sp³-hybridized carbons (Fsp3) is 0.176. The number of fused-ring (bicyclic) bond motifs is 1. The summed E-state index contributed by atoms with van der Waals surface area (Å²) in [6.45, 7) is 0.248. The molecule has 1 N–H and O–H groups in total. The van der Waals surface area contributed by atoms with Crippen molar-refractivity contribution in [2.45, 2.75) is 4.21 Å². The number of carbonyl (C=O) groups excluding carboxylic acids is 1. The molecule has 3 heterocycles. The zero-order valence-electron chi connectivity index (χ0n) is 14.3. The van der Waals surface area contributed by atoms with Crippen molar-refractivity contribution in [1.82, 2.24) is 4.98 Å². The first-order valence-electron chi connectivity index (χ1n) is 7.56. The normalized spacial score (nSPS) is 11.8. The smallest absolute Gasteiger partial charge is 0.348 e. The number of anilines is 2. The van der Waals surface area contributed by atoms with Crippen LogP contribution in [0, 0.1) is 0 Å². The van der Waals surface area contributed by atoms with E-state index in [0.29, 0.717) is 4.88 Å². The van der Waals surface area contributed by atoms with Crippen molar-refractivity contribution in [3.8, 4) is 22.8 Å². The van der Waals surface area contributed by atoms with Crippen LogP contribution in [0.3, 0.4) is 0 Å². The third-order valence-corrected chi connectivity index (χ3v) is 6.68. The molecular weight excluding hydrogens is 472 g/mol. The highest BCUT2D eigenvalue weighted by atomic mass is 79.9. The number of thiazole rings is 1. The van der Waals surface area contributed by atoms with Crippen LogP contribution in [-0.2, 0) is 4.74 Å². The topological polar surface area (TPSA) is 69.7 Å². The Balaban J connectivity index is 0.00000210. The number of thiophene rings is 1. The average molecular weight is 487 g/mol. The van der Waals surface area contributed by atoms with Crippen molar-refractivity contribution in [2.24, 2.45) is 0 Å². The predicted molar refractivity (Wildman–Crippen MR) is 115 cm³/mol. The molecule has 0 saturated heterocycles. The van der Waals surface area contributed by atoms with Gasteiger partial charge in [-0.3, -0.25) is 0 Å². The third kappa shape index (κ3) is 4.08. The molecule has 27 heavy (non-hydrogen) atoms. The van der Waals surface area contributed by atoms with E-state index in [4.69, 9.17) is 14.2 Å². The molecule has 6 nitrogen and oxygen atoms in total. The number of halogens is 1. The summed E-state index contributed by atoms with van der Waals surface area (Å²) >= 11 is 4.51. The lowest BCUT2D eigenvalue weighted by Crippen LogP contribution is -1.96. The second-order valence-electron chi connectivity index (χ2n) is 5.24. The third-order valence-electron chi connectivity index (χ3n) is 3.67. The van der Waals surface area contributed by atoms with Crippen LogP contribution in [0.15, 0.2) is 33.9 Å². The van der Waals surface area contributed by atoms with Crippen LogP contribution in [0.5, 0.6) is 11.5 Å². The van der Waals surface area contributed by atoms with E-state index >= 15 is 0 Å². The molecular formula is C17H15BrN2O4S3. The van der Waals surface area contributed by atoms with Crippen molar-refractivity contribution >= 4 is 68.2 Å². The first-order chi connectivity index (χ1) is 12.7. The van der Waals surface area contributed by atoms with Crippen molar-refractivity contribution < 1.29 is 19.0 Å². The first kappa shape index (κ1) is 20.0. The second kappa shape index (κ2) is 8.51. The summed E-state index contributed by atoms with van der Waals surface area (Å²) < 4.78 is 16.6. The number of hydrogen-bond donors (Lipinski definition) is 1. The molecule has 0 aliphatic carbocycles. The van der Waals surface area contributed by atoms with Crippen LogP contribution in [-0.4, -0.2) is 31.1 Å². The van der Waals surface area contributed by atoms with E-state index in [2.05, 4.69) is 10.3 Å². The first-order valence-corrected chi connectivity index (χ1v) is 10.5. The molecule has 2 aromatic heterocycles. The fourth-order valence-electron chi connectivity index (χ4n) is 2.46. The van der Waals surface area contributed by atoms with E-state index in [0.717, 1.165) is 37.8 Å². The molecule has 1 aromatic carbocycles. The minimum Gasteiger partial charge on any atom is -0.465 e. The van der Waals surface area contributed by atoms with E-state index < -0.39 is 0 Å². The minimum atomic E-state index is -0.328. The lowest BCUT2D eigenvalue weighted by molar-refractivity contribution is 0.0606. The summed E-state index contributed by atoms with van der Waals surface area (Å²) in [4.78, 5) is 17.0. The lowest BCUT2D eigenvalue weighted by Gasteiger charge is -2.03. The maximum absolute atomic E-state index is 11.8. The van der Waals surface area contributed by atoms with Gasteiger partial charge in [0.15, 0.2) is 16.6 Å². The molecule has 142 valence electrons. The van der Waals surface area contributed by atoms with E-state index in [1.807, 2.05) is 35.9 Å². The number of thioether (sulfide) groups is 1. The lowest BCUT2D eigenvalue weighted by atomic mass is 10.2. The molecule has 1 aliphatic rings. The van der Waals surface area contributed by atoms with E-state index in [1.165, 1.54) is 29.8 Å². The monoisotopic (exact) mass is 486 g/mol. The number of nitrogens with zero attached hydrogens (tertiary/aromatic N) is 1. The van der Waals surface area contributed by atoms with Crippen LogP contribution in [0.1, 0.15) is 9.67 Å². The SMILES string of the molecule is Br.COC(=O)c1cc(-c2csc(Nc3ccc4c(c3)OCO4)n2)c(SC)s1. The molecule has 10 heteroatoms. The van der Waals surface area contributed by atoms with Gasteiger partial charge in [-0.2, -0.15) is 0 Å². The summed E-state index contributed by atoms with van der Waals surface area (Å²) in [5.41, 5.74) is 2.65. The van der Waals surface area contributed by atoms with Gasteiger partial charge < -0.3 is 19.5 Å². The molecule has 0 unspecified atom stereocenters. The molecule has 0 bridgehead atoms. The Bertz CT molecular complexity index is 973. The Morgan fingerprint density at radius 1 is 1.30 bits per heavy atom. The molecule has 0 atom stereocenters. The summed E-state index contributed by atoms with van der Waals surface area (Å²) in [6, 6.07) is 7.51. The van der Waals surface area contributed by atoms with Crippen molar-refractivity contribution in [1.29, 1.82) is 0 Å². The Morgan fingerprint density at radius 3 is 2.89 bits per heavy atom. The average Bonchev–Trinajstić information content (AvgIpc) is 3.39.